The smallest absolute Gasteiger partial charge is 0.253 e. The van der Waals surface area contributed by atoms with Crippen molar-refractivity contribution in [3.05, 3.63) is 111 Å². The molecule has 36 heavy (non-hydrogen) atoms. The number of para-hydroxylation sites is 1. The molecule has 1 N–H and O–H groups in total. The number of furan rings is 1. The van der Waals surface area contributed by atoms with Gasteiger partial charge in [0.25, 0.3) is 5.56 Å². The summed E-state index contributed by atoms with van der Waals surface area (Å²) in [7, 11) is 0. The zero-order valence-corrected chi connectivity index (χ0v) is 21.1. The highest BCUT2D eigenvalue weighted by molar-refractivity contribution is 6.30. The number of rotatable bonds is 8. The number of fused-ring (bicyclic) bond motifs is 1. The maximum absolute atomic E-state index is 13.6. The van der Waals surface area contributed by atoms with Gasteiger partial charge in [-0.2, -0.15) is 0 Å². The van der Waals surface area contributed by atoms with Crippen LogP contribution in [0.5, 0.6) is 0 Å². The summed E-state index contributed by atoms with van der Waals surface area (Å²) in [5.41, 5.74) is 3.25. The molecule has 0 saturated carbocycles. The predicted octanol–water partition coefficient (Wildman–Crippen LogP) is 5.44. The zero-order valence-electron chi connectivity index (χ0n) is 20.4. The van der Waals surface area contributed by atoms with Gasteiger partial charge in [-0.05, 0) is 78.0 Å². The predicted molar refractivity (Wildman–Crippen MR) is 139 cm³/mol. The second-order valence-corrected chi connectivity index (χ2v) is 9.62. The second kappa shape index (κ2) is 10.1. The molecule has 5 rings (SSSR count). The zero-order chi connectivity index (χ0) is 25.2. The second-order valence-electron chi connectivity index (χ2n) is 9.18. The summed E-state index contributed by atoms with van der Waals surface area (Å²) in [5, 5.41) is 14.2. The third-order valence-electron chi connectivity index (χ3n) is 6.27. The Balaban J connectivity index is 1.71. The van der Waals surface area contributed by atoms with Crippen LogP contribution < -0.4 is 5.56 Å². The Morgan fingerprint density at radius 3 is 2.61 bits per heavy atom. The van der Waals surface area contributed by atoms with Crippen molar-refractivity contribution in [1.29, 1.82) is 0 Å². The van der Waals surface area contributed by atoms with Crippen molar-refractivity contribution in [2.45, 2.75) is 45.9 Å². The van der Waals surface area contributed by atoms with Crippen molar-refractivity contribution >= 4 is 22.5 Å². The lowest BCUT2D eigenvalue weighted by Crippen LogP contribution is -2.35. The number of aromatic amines is 1. The minimum absolute atomic E-state index is 0.000257. The number of halogens is 1. The van der Waals surface area contributed by atoms with Crippen LogP contribution in [0.1, 0.15) is 54.2 Å². The van der Waals surface area contributed by atoms with E-state index in [4.69, 9.17) is 16.0 Å². The molecule has 0 aliphatic carbocycles. The van der Waals surface area contributed by atoms with Gasteiger partial charge in [-0.25, -0.2) is 4.68 Å². The van der Waals surface area contributed by atoms with Crippen molar-refractivity contribution in [1.82, 2.24) is 30.1 Å². The Hall–Kier alpha value is -3.75. The first kappa shape index (κ1) is 24.0. The van der Waals surface area contributed by atoms with Crippen LogP contribution >= 0.6 is 11.6 Å². The van der Waals surface area contributed by atoms with E-state index in [-0.39, 0.29) is 11.6 Å². The quantitative estimate of drug-likeness (QED) is 0.303. The average Bonchev–Trinajstić information content (AvgIpc) is 3.54. The normalized spacial score (nSPS) is 12.6. The number of hydrogen-bond donors (Lipinski definition) is 1. The van der Waals surface area contributed by atoms with Gasteiger partial charge >= 0.3 is 0 Å². The summed E-state index contributed by atoms with van der Waals surface area (Å²) in [6.07, 6.45) is 1.65. The molecule has 0 spiro atoms. The third kappa shape index (κ3) is 4.82. The molecular weight excluding hydrogens is 476 g/mol. The van der Waals surface area contributed by atoms with Crippen LogP contribution in [0.15, 0.2) is 76.1 Å². The van der Waals surface area contributed by atoms with Gasteiger partial charge in [0.2, 0.25) is 0 Å². The van der Waals surface area contributed by atoms with Gasteiger partial charge < -0.3 is 9.40 Å². The number of nitrogens with zero attached hydrogens (tertiary/aromatic N) is 5. The van der Waals surface area contributed by atoms with Crippen molar-refractivity contribution in [2.24, 2.45) is 0 Å². The van der Waals surface area contributed by atoms with E-state index in [0.717, 1.165) is 27.8 Å². The fraction of sp³-hybridized carbons (Fsp3) is 0.259. The van der Waals surface area contributed by atoms with Crippen LogP contribution in [0.3, 0.4) is 0 Å². The van der Waals surface area contributed by atoms with Crippen LogP contribution in [0.4, 0.5) is 0 Å². The summed E-state index contributed by atoms with van der Waals surface area (Å²) >= 11 is 6.14. The highest BCUT2D eigenvalue weighted by Gasteiger charge is 2.32. The first-order chi connectivity index (χ1) is 17.4. The highest BCUT2D eigenvalue weighted by atomic mass is 35.5. The lowest BCUT2D eigenvalue weighted by Gasteiger charge is -2.31. The molecule has 9 heteroatoms. The highest BCUT2D eigenvalue weighted by Crippen LogP contribution is 2.31. The molecule has 0 aliphatic heterocycles. The first-order valence-corrected chi connectivity index (χ1v) is 12.2. The maximum Gasteiger partial charge on any atom is 0.253 e. The van der Waals surface area contributed by atoms with Crippen LogP contribution in [-0.4, -0.2) is 30.1 Å². The maximum atomic E-state index is 13.6. The number of pyridine rings is 1. The Morgan fingerprint density at radius 1 is 1.08 bits per heavy atom. The molecule has 0 aliphatic rings. The van der Waals surface area contributed by atoms with E-state index in [0.29, 0.717) is 29.5 Å². The standard InChI is InChI=1S/C27H27ClN6O2/c1-17(2)34-26(30-31-32-34)25(23-14-20-7-4-6-18(3)24(20)29-27(23)35)33(16-22-8-5-13-36-22)15-19-9-11-21(28)12-10-19/h4-14,17,25H,15-16H2,1-3H3,(H,29,35)/t25-/m0/s1. The van der Waals surface area contributed by atoms with Gasteiger partial charge in [-0.15, -0.1) is 5.10 Å². The molecule has 0 bridgehead atoms. The fourth-order valence-electron chi connectivity index (χ4n) is 4.52. The SMILES string of the molecule is Cc1cccc2cc([C@@H](c3nnnn3C(C)C)N(Cc3ccc(Cl)cc3)Cc3ccco3)c(=O)[nH]c12. The molecule has 1 atom stereocenters. The van der Waals surface area contributed by atoms with E-state index in [1.807, 2.05) is 81.4 Å². The molecule has 0 saturated heterocycles. The van der Waals surface area contributed by atoms with Gasteiger partial charge in [0.05, 0.1) is 24.4 Å². The van der Waals surface area contributed by atoms with E-state index in [1.165, 1.54) is 0 Å². The minimum atomic E-state index is -0.545. The van der Waals surface area contributed by atoms with Crippen LogP contribution in [-0.2, 0) is 13.1 Å². The summed E-state index contributed by atoms with van der Waals surface area (Å²) in [6.45, 7) is 6.97. The molecule has 0 radical (unpaired) electrons. The van der Waals surface area contributed by atoms with Gasteiger partial charge in [0.1, 0.15) is 11.8 Å². The van der Waals surface area contributed by atoms with E-state index in [9.17, 15) is 4.79 Å². The van der Waals surface area contributed by atoms with Crippen LogP contribution in [0.25, 0.3) is 10.9 Å². The largest absolute Gasteiger partial charge is 0.468 e. The van der Waals surface area contributed by atoms with Crippen LogP contribution in [0.2, 0.25) is 5.02 Å². The Morgan fingerprint density at radius 2 is 1.89 bits per heavy atom. The Bertz CT molecular complexity index is 1520. The number of tetrazole rings is 1. The monoisotopic (exact) mass is 502 g/mol. The molecule has 0 amide bonds. The lowest BCUT2D eigenvalue weighted by molar-refractivity contribution is 0.177. The van der Waals surface area contributed by atoms with Crippen LogP contribution in [0, 0.1) is 6.92 Å². The number of H-pyrrole nitrogens is 1. The number of nitrogens with one attached hydrogen (secondary N) is 1. The number of aryl methyl sites for hydroxylation is 1. The number of hydrogen-bond acceptors (Lipinski definition) is 6. The molecule has 0 unspecified atom stereocenters. The first-order valence-electron chi connectivity index (χ1n) is 11.8. The van der Waals surface area contributed by atoms with Crippen molar-refractivity contribution in [2.75, 3.05) is 0 Å². The third-order valence-corrected chi connectivity index (χ3v) is 6.52. The van der Waals surface area contributed by atoms with E-state index in [1.54, 1.807) is 10.9 Å². The molecule has 8 nitrogen and oxygen atoms in total. The van der Waals surface area contributed by atoms with Crippen molar-refractivity contribution < 1.29 is 4.42 Å². The van der Waals surface area contributed by atoms with Gasteiger partial charge in [0, 0.05) is 17.1 Å². The summed E-state index contributed by atoms with van der Waals surface area (Å²) in [6, 6.07) is 18.8. The van der Waals surface area contributed by atoms with Gasteiger partial charge in [0.15, 0.2) is 5.82 Å². The summed E-state index contributed by atoms with van der Waals surface area (Å²) < 4.78 is 7.48. The van der Waals surface area contributed by atoms with Crippen molar-refractivity contribution in [3.8, 4) is 0 Å². The lowest BCUT2D eigenvalue weighted by atomic mass is 10.0. The van der Waals surface area contributed by atoms with E-state index < -0.39 is 6.04 Å². The fourth-order valence-corrected chi connectivity index (χ4v) is 4.64. The topological polar surface area (TPSA) is 92.8 Å². The van der Waals surface area contributed by atoms with Gasteiger partial charge in [-0.3, -0.25) is 9.69 Å². The van der Waals surface area contributed by atoms with Crippen molar-refractivity contribution in [3.63, 3.8) is 0 Å². The summed E-state index contributed by atoms with van der Waals surface area (Å²) in [5.74, 6) is 1.36. The molecule has 184 valence electrons. The molecule has 2 aromatic carbocycles. The van der Waals surface area contributed by atoms with E-state index in [2.05, 4.69) is 25.4 Å². The summed E-state index contributed by atoms with van der Waals surface area (Å²) in [4.78, 5) is 18.9. The molecule has 3 heterocycles. The molecule has 5 aromatic rings. The molecule has 0 fully saturated rings. The minimum Gasteiger partial charge on any atom is -0.468 e. The van der Waals surface area contributed by atoms with Gasteiger partial charge in [-0.1, -0.05) is 41.9 Å². The Labute approximate surface area is 213 Å². The number of benzene rings is 2. The molecular formula is C27H27ClN6O2. The average molecular weight is 503 g/mol. The molecule has 3 aromatic heterocycles. The van der Waals surface area contributed by atoms with E-state index >= 15 is 0 Å². The Kier molecular flexibility index (Phi) is 6.71. The number of aromatic nitrogens is 5.